The van der Waals surface area contributed by atoms with Crippen molar-refractivity contribution in [2.75, 3.05) is 30.4 Å². The number of ether oxygens (including phenoxy) is 1. The Labute approximate surface area is 174 Å². The number of nitrogens with two attached hydrogens (primary N) is 1. The van der Waals surface area contributed by atoms with Crippen LogP contribution in [0.1, 0.15) is 44.7 Å². The smallest absolute Gasteiger partial charge is 0.161 e. The van der Waals surface area contributed by atoms with Crippen LogP contribution in [0.2, 0.25) is 0 Å². The van der Waals surface area contributed by atoms with Crippen molar-refractivity contribution in [3.8, 4) is 11.4 Å². The van der Waals surface area contributed by atoms with E-state index in [2.05, 4.69) is 17.9 Å². The molecule has 29 heavy (non-hydrogen) atoms. The van der Waals surface area contributed by atoms with Crippen LogP contribution >= 0.6 is 0 Å². The van der Waals surface area contributed by atoms with Crippen LogP contribution in [0.3, 0.4) is 0 Å². The van der Waals surface area contributed by atoms with Gasteiger partial charge in [0.15, 0.2) is 5.82 Å². The molecule has 0 bridgehead atoms. The molecule has 1 aliphatic heterocycles. The highest BCUT2D eigenvalue weighted by molar-refractivity contribution is 7.87. The van der Waals surface area contributed by atoms with Gasteiger partial charge in [0.25, 0.3) is 0 Å². The summed E-state index contributed by atoms with van der Waals surface area (Å²) in [6.07, 6.45) is 5.18. The van der Waals surface area contributed by atoms with Crippen molar-refractivity contribution in [2.24, 2.45) is 0 Å². The van der Waals surface area contributed by atoms with Crippen molar-refractivity contribution in [1.82, 2.24) is 9.97 Å². The molecule has 2 atom stereocenters. The molecule has 0 spiro atoms. The number of anilines is 2. The Bertz CT molecular complexity index is 925. The van der Waals surface area contributed by atoms with Gasteiger partial charge >= 0.3 is 0 Å². The maximum Gasteiger partial charge on any atom is 0.161 e. The number of hydrogen-bond acceptors (Lipinski definition) is 6. The highest BCUT2D eigenvalue weighted by Gasteiger charge is 2.51. The summed E-state index contributed by atoms with van der Waals surface area (Å²) in [5, 5.41) is 0.344. The highest BCUT2D eigenvalue weighted by atomic mass is 32.2. The van der Waals surface area contributed by atoms with Crippen LogP contribution in [0, 0.1) is 0 Å². The average Bonchev–Trinajstić information content (AvgIpc) is 3.53. The summed E-state index contributed by atoms with van der Waals surface area (Å²) in [6.45, 7) is 4.35. The molecular weight excluding hydrogens is 384 g/mol. The zero-order valence-electron chi connectivity index (χ0n) is 16.8. The van der Waals surface area contributed by atoms with Gasteiger partial charge in [-0.2, -0.15) is 0 Å². The van der Waals surface area contributed by atoms with Crippen molar-refractivity contribution in [1.29, 1.82) is 0 Å². The van der Waals surface area contributed by atoms with E-state index in [1.165, 1.54) is 0 Å². The molecule has 6 nitrogen and oxygen atoms in total. The second kappa shape index (κ2) is 7.36. The molecule has 0 amide bonds. The first kappa shape index (κ1) is 19.0. The number of aromatic nitrogens is 2. The minimum atomic E-state index is -0.872. The lowest BCUT2D eigenvalue weighted by molar-refractivity contribution is 0.0985. The number of morpholine rings is 1. The summed E-state index contributed by atoms with van der Waals surface area (Å²) in [5.41, 5.74) is 8.48. The number of rotatable bonds is 5. The zero-order chi connectivity index (χ0) is 20.0. The number of nitrogens with zero attached hydrogens (tertiary/aromatic N) is 3. The Balaban J connectivity index is 1.61. The molecule has 7 heteroatoms. The molecule has 2 aliphatic carbocycles. The number of nitrogen functional groups attached to an aromatic ring is 1. The largest absolute Gasteiger partial charge is 0.399 e. The predicted molar refractivity (Wildman–Crippen MR) is 116 cm³/mol. The fourth-order valence-corrected chi connectivity index (χ4v) is 6.51. The second-order valence-electron chi connectivity index (χ2n) is 8.52. The number of hydrogen-bond donors (Lipinski definition) is 1. The van der Waals surface area contributed by atoms with Gasteiger partial charge < -0.3 is 15.4 Å². The minimum Gasteiger partial charge on any atom is -0.399 e. The van der Waals surface area contributed by atoms with E-state index in [0.29, 0.717) is 24.3 Å². The van der Waals surface area contributed by atoms with Crippen LogP contribution in [-0.2, 0) is 20.3 Å². The van der Waals surface area contributed by atoms with E-state index >= 15 is 0 Å². The Morgan fingerprint density at radius 1 is 1.21 bits per heavy atom. The van der Waals surface area contributed by atoms with Crippen LogP contribution in [0.4, 0.5) is 11.5 Å². The van der Waals surface area contributed by atoms with Gasteiger partial charge in [0.1, 0.15) is 5.82 Å². The van der Waals surface area contributed by atoms with Crippen LogP contribution in [-0.4, -0.2) is 45.2 Å². The van der Waals surface area contributed by atoms with Crippen LogP contribution in [0.5, 0.6) is 0 Å². The number of benzene rings is 1. The first-order valence-electron chi connectivity index (χ1n) is 10.6. The van der Waals surface area contributed by atoms with Gasteiger partial charge in [-0.15, -0.1) is 0 Å². The van der Waals surface area contributed by atoms with Crippen LogP contribution < -0.4 is 10.6 Å². The SMILES string of the molecule is CC1COCCN1c1cc(C2(S(=O)C3CC3)CCC2)nc(-c2ccc(N)cc2)n1. The normalized spacial score (nSPS) is 24.7. The van der Waals surface area contributed by atoms with Gasteiger partial charge in [0, 0.05) is 39.9 Å². The standard InChI is InChI=1S/C22H28N4O2S/c1-15-14-28-12-11-26(15)20-13-19(22(9-2-10-22)29(27)18-7-8-18)24-21(25-20)16-3-5-17(23)6-4-16/h3-6,13,15,18H,2,7-12,14,23H2,1H3. The van der Waals surface area contributed by atoms with Gasteiger partial charge in [0.2, 0.25) is 0 Å². The molecule has 1 aromatic carbocycles. The lowest BCUT2D eigenvalue weighted by Gasteiger charge is -2.41. The maximum absolute atomic E-state index is 13.4. The molecule has 1 saturated heterocycles. The molecule has 154 valence electrons. The quantitative estimate of drug-likeness (QED) is 0.760. The van der Waals surface area contributed by atoms with Gasteiger partial charge in [-0.25, -0.2) is 9.97 Å². The Morgan fingerprint density at radius 3 is 2.59 bits per heavy atom. The molecule has 3 fully saturated rings. The molecule has 2 aromatic rings. The maximum atomic E-state index is 13.4. The van der Waals surface area contributed by atoms with Gasteiger partial charge in [-0.1, -0.05) is 0 Å². The van der Waals surface area contributed by atoms with E-state index in [4.69, 9.17) is 20.4 Å². The van der Waals surface area contributed by atoms with Gasteiger partial charge in [0.05, 0.1) is 29.7 Å². The first-order valence-corrected chi connectivity index (χ1v) is 11.8. The van der Waals surface area contributed by atoms with E-state index in [0.717, 1.165) is 61.4 Å². The summed E-state index contributed by atoms with van der Waals surface area (Å²) in [4.78, 5) is 12.2. The fraction of sp³-hybridized carbons (Fsp3) is 0.545. The second-order valence-corrected chi connectivity index (χ2v) is 10.6. The van der Waals surface area contributed by atoms with Crippen molar-refractivity contribution in [3.63, 3.8) is 0 Å². The third-order valence-electron chi connectivity index (χ3n) is 6.38. The minimum absolute atomic E-state index is 0.247. The van der Waals surface area contributed by atoms with Gasteiger partial charge in [-0.05, 0) is 63.3 Å². The van der Waals surface area contributed by atoms with Crippen molar-refractivity contribution >= 4 is 22.3 Å². The zero-order valence-corrected chi connectivity index (χ0v) is 17.7. The van der Waals surface area contributed by atoms with Crippen molar-refractivity contribution in [3.05, 3.63) is 36.0 Å². The van der Waals surface area contributed by atoms with E-state index in [9.17, 15) is 4.21 Å². The monoisotopic (exact) mass is 412 g/mol. The summed E-state index contributed by atoms with van der Waals surface area (Å²) in [7, 11) is -0.872. The Hall–Kier alpha value is -1.99. The summed E-state index contributed by atoms with van der Waals surface area (Å²) in [6, 6.07) is 10.0. The molecule has 5 rings (SSSR count). The molecule has 2 saturated carbocycles. The summed E-state index contributed by atoms with van der Waals surface area (Å²) < 4.78 is 18.7. The average molecular weight is 413 g/mol. The molecular formula is C22H28N4O2S. The summed E-state index contributed by atoms with van der Waals surface area (Å²) in [5.74, 6) is 1.60. The Morgan fingerprint density at radius 2 is 1.97 bits per heavy atom. The van der Waals surface area contributed by atoms with E-state index in [1.807, 2.05) is 24.3 Å². The van der Waals surface area contributed by atoms with Crippen molar-refractivity contribution < 1.29 is 8.95 Å². The molecule has 1 aromatic heterocycles. The van der Waals surface area contributed by atoms with E-state index in [1.54, 1.807) is 0 Å². The van der Waals surface area contributed by atoms with Crippen molar-refractivity contribution in [2.45, 2.75) is 55.1 Å². The molecule has 2 heterocycles. The van der Waals surface area contributed by atoms with Crippen LogP contribution in [0.25, 0.3) is 11.4 Å². The van der Waals surface area contributed by atoms with Crippen LogP contribution in [0.15, 0.2) is 30.3 Å². The van der Waals surface area contributed by atoms with Gasteiger partial charge in [-0.3, -0.25) is 4.21 Å². The lowest BCUT2D eigenvalue weighted by Crippen LogP contribution is -2.45. The molecule has 2 N–H and O–H groups in total. The molecule has 2 unspecified atom stereocenters. The Kier molecular flexibility index (Phi) is 4.82. The first-order chi connectivity index (χ1) is 14.1. The molecule has 0 radical (unpaired) electrons. The highest BCUT2D eigenvalue weighted by Crippen LogP contribution is 2.51. The predicted octanol–water partition coefficient (Wildman–Crippen LogP) is 3.24. The lowest BCUT2D eigenvalue weighted by atomic mass is 9.81. The third-order valence-corrected chi connectivity index (χ3v) is 8.85. The molecule has 3 aliphatic rings. The fourth-order valence-electron chi connectivity index (χ4n) is 4.30. The topological polar surface area (TPSA) is 81.3 Å². The van der Waals surface area contributed by atoms with E-state index < -0.39 is 10.8 Å². The third kappa shape index (κ3) is 3.44. The van der Waals surface area contributed by atoms with E-state index in [-0.39, 0.29) is 10.8 Å². The summed E-state index contributed by atoms with van der Waals surface area (Å²) >= 11 is 0.